The lowest BCUT2D eigenvalue weighted by atomic mass is 10.0. The van der Waals surface area contributed by atoms with Gasteiger partial charge in [-0.15, -0.1) is 0 Å². The molecule has 1 aromatic rings. The van der Waals surface area contributed by atoms with Crippen LogP contribution >= 0.6 is 0 Å². The first kappa shape index (κ1) is 13.4. The van der Waals surface area contributed by atoms with Gasteiger partial charge in [-0.2, -0.15) is 0 Å². The monoisotopic (exact) mass is 247 g/mol. The lowest BCUT2D eigenvalue weighted by Crippen LogP contribution is -2.39. The first-order valence-corrected chi connectivity index (χ1v) is 6.95. The van der Waals surface area contributed by atoms with Crippen LogP contribution < -0.4 is 10.6 Å². The molecule has 1 atom stereocenters. The molecule has 100 valence electrons. The number of rotatable bonds is 5. The number of para-hydroxylation sites is 1. The minimum Gasteiger partial charge on any atom is -0.383 e. The van der Waals surface area contributed by atoms with Crippen molar-refractivity contribution < 1.29 is 0 Å². The molecule has 0 radical (unpaired) electrons. The fourth-order valence-electron chi connectivity index (χ4n) is 2.50. The van der Waals surface area contributed by atoms with E-state index >= 15 is 0 Å². The fourth-order valence-corrected chi connectivity index (χ4v) is 2.50. The number of hydrogen-bond acceptors (Lipinski definition) is 3. The second kappa shape index (κ2) is 6.76. The molecule has 0 bridgehead atoms. The van der Waals surface area contributed by atoms with E-state index < -0.39 is 0 Å². The Hall–Kier alpha value is -1.06. The average molecular weight is 247 g/mol. The summed E-state index contributed by atoms with van der Waals surface area (Å²) in [4.78, 5) is 2.21. The van der Waals surface area contributed by atoms with Crippen LogP contribution in [0.4, 0.5) is 5.69 Å². The van der Waals surface area contributed by atoms with Crippen LogP contribution in [0.1, 0.15) is 24.8 Å². The van der Waals surface area contributed by atoms with Crippen molar-refractivity contribution in [2.24, 2.45) is 0 Å². The van der Waals surface area contributed by atoms with Gasteiger partial charge in [-0.05, 0) is 45.1 Å². The Morgan fingerprint density at radius 2 is 2.11 bits per heavy atom. The highest BCUT2D eigenvalue weighted by Crippen LogP contribution is 2.17. The summed E-state index contributed by atoms with van der Waals surface area (Å²) in [5.41, 5.74) is 2.65. The van der Waals surface area contributed by atoms with Crippen LogP contribution in [0.2, 0.25) is 0 Å². The van der Waals surface area contributed by atoms with Gasteiger partial charge in [0.2, 0.25) is 0 Å². The van der Waals surface area contributed by atoms with Crippen LogP contribution in [-0.4, -0.2) is 38.1 Å². The van der Waals surface area contributed by atoms with E-state index in [9.17, 15) is 0 Å². The third-order valence-electron chi connectivity index (χ3n) is 3.46. The van der Waals surface area contributed by atoms with Crippen molar-refractivity contribution in [3.8, 4) is 0 Å². The van der Waals surface area contributed by atoms with Gasteiger partial charge in [-0.3, -0.25) is 0 Å². The van der Waals surface area contributed by atoms with E-state index in [1.165, 1.54) is 37.1 Å². The first-order chi connectivity index (χ1) is 8.75. The Kier molecular flexibility index (Phi) is 5.02. The predicted octanol–water partition coefficient (Wildman–Crippen LogP) is 2.30. The van der Waals surface area contributed by atoms with E-state index in [2.05, 4.69) is 53.9 Å². The zero-order chi connectivity index (χ0) is 12.8. The molecule has 1 aliphatic heterocycles. The summed E-state index contributed by atoms with van der Waals surface area (Å²) >= 11 is 0. The van der Waals surface area contributed by atoms with Gasteiger partial charge in [0, 0.05) is 24.8 Å². The number of benzene rings is 1. The highest BCUT2D eigenvalue weighted by Gasteiger charge is 2.12. The lowest BCUT2D eigenvalue weighted by Gasteiger charge is -2.25. The molecule has 0 spiro atoms. The molecule has 1 aromatic carbocycles. The van der Waals surface area contributed by atoms with Crippen LogP contribution in [0.3, 0.4) is 0 Å². The number of nitrogens with zero attached hydrogens (tertiary/aromatic N) is 1. The zero-order valence-corrected chi connectivity index (χ0v) is 11.6. The van der Waals surface area contributed by atoms with Crippen LogP contribution in [0.25, 0.3) is 0 Å². The van der Waals surface area contributed by atoms with E-state index in [1.54, 1.807) is 0 Å². The van der Waals surface area contributed by atoms with E-state index in [0.29, 0.717) is 6.04 Å². The molecule has 0 aromatic heterocycles. The van der Waals surface area contributed by atoms with Crippen LogP contribution in [-0.2, 0) is 6.54 Å². The summed E-state index contributed by atoms with van der Waals surface area (Å²) in [7, 11) is 4.22. The molecule has 1 fully saturated rings. The van der Waals surface area contributed by atoms with Crippen molar-refractivity contribution in [2.75, 3.05) is 32.5 Å². The molecule has 1 unspecified atom stereocenters. The molecule has 2 rings (SSSR count). The number of anilines is 1. The number of hydrogen-bond donors (Lipinski definition) is 2. The minimum absolute atomic E-state index is 0.631. The largest absolute Gasteiger partial charge is 0.383 e. The van der Waals surface area contributed by atoms with Gasteiger partial charge in [-0.25, -0.2) is 0 Å². The quantitative estimate of drug-likeness (QED) is 0.836. The third-order valence-corrected chi connectivity index (χ3v) is 3.46. The molecule has 0 aliphatic carbocycles. The van der Waals surface area contributed by atoms with Gasteiger partial charge < -0.3 is 15.5 Å². The first-order valence-electron chi connectivity index (χ1n) is 6.95. The average Bonchev–Trinajstić information content (AvgIpc) is 2.38. The summed E-state index contributed by atoms with van der Waals surface area (Å²) in [6, 6.07) is 9.24. The molecule has 1 aliphatic rings. The molecule has 3 heteroatoms. The van der Waals surface area contributed by atoms with Crippen molar-refractivity contribution in [2.45, 2.75) is 31.8 Å². The Morgan fingerprint density at radius 1 is 1.28 bits per heavy atom. The van der Waals surface area contributed by atoms with Crippen molar-refractivity contribution in [3.63, 3.8) is 0 Å². The number of piperidine rings is 1. The van der Waals surface area contributed by atoms with Crippen molar-refractivity contribution in [1.29, 1.82) is 0 Å². The van der Waals surface area contributed by atoms with Gasteiger partial charge in [-0.1, -0.05) is 24.6 Å². The fraction of sp³-hybridized carbons (Fsp3) is 0.600. The SMILES string of the molecule is CN(C)Cc1ccccc1NCC1CCCCN1. The molecule has 0 amide bonds. The highest BCUT2D eigenvalue weighted by molar-refractivity contribution is 5.51. The van der Waals surface area contributed by atoms with Gasteiger partial charge in [0.05, 0.1) is 0 Å². The molecule has 2 N–H and O–H groups in total. The van der Waals surface area contributed by atoms with E-state index in [1.807, 2.05) is 0 Å². The van der Waals surface area contributed by atoms with Crippen molar-refractivity contribution in [3.05, 3.63) is 29.8 Å². The zero-order valence-electron chi connectivity index (χ0n) is 11.6. The Labute approximate surface area is 111 Å². The topological polar surface area (TPSA) is 27.3 Å². The minimum atomic E-state index is 0.631. The molecule has 3 nitrogen and oxygen atoms in total. The van der Waals surface area contributed by atoms with Gasteiger partial charge in [0.1, 0.15) is 0 Å². The summed E-state index contributed by atoms with van der Waals surface area (Å²) in [6.07, 6.45) is 3.98. The summed E-state index contributed by atoms with van der Waals surface area (Å²) in [6.45, 7) is 3.19. The van der Waals surface area contributed by atoms with Gasteiger partial charge in [0.15, 0.2) is 0 Å². The molecule has 1 heterocycles. The summed E-state index contributed by atoms with van der Waals surface area (Å²) < 4.78 is 0. The Balaban J connectivity index is 1.91. The highest BCUT2D eigenvalue weighted by atomic mass is 15.1. The maximum atomic E-state index is 3.60. The molecule has 0 saturated carbocycles. The third kappa shape index (κ3) is 4.00. The standard InChI is InChI=1S/C15H25N3/c1-18(2)12-13-7-3-4-9-15(13)17-11-14-8-5-6-10-16-14/h3-4,7,9,14,16-17H,5-6,8,10-12H2,1-2H3. The van der Waals surface area contributed by atoms with Crippen molar-refractivity contribution in [1.82, 2.24) is 10.2 Å². The Bertz CT molecular complexity index is 357. The van der Waals surface area contributed by atoms with Gasteiger partial charge in [0.25, 0.3) is 0 Å². The molecule has 1 saturated heterocycles. The summed E-state index contributed by atoms with van der Waals surface area (Å²) in [5.74, 6) is 0. The lowest BCUT2D eigenvalue weighted by molar-refractivity contribution is 0.401. The molecular formula is C15H25N3. The summed E-state index contributed by atoms with van der Waals surface area (Å²) in [5, 5.41) is 7.18. The van der Waals surface area contributed by atoms with E-state index in [-0.39, 0.29) is 0 Å². The van der Waals surface area contributed by atoms with E-state index in [4.69, 9.17) is 0 Å². The Morgan fingerprint density at radius 3 is 2.83 bits per heavy atom. The molecular weight excluding hydrogens is 222 g/mol. The van der Waals surface area contributed by atoms with Gasteiger partial charge >= 0.3 is 0 Å². The number of nitrogens with one attached hydrogen (secondary N) is 2. The second-order valence-corrected chi connectivity index (χ2v) is 5.42. The van der Waals surface area contributed by atoms with Crippen LogP contribution in [0.15, 0.2) is 24.3 Å². The second-order valence-electron chi connectivity index (χ2n) is 5.42. The maximum Gasteiger partial charge on any atom is 0.0386 e. The smallest absolute Gasteiger partial charge is 0.0386 e. The molecule has 18 heavy (non-hydrogen) atoms. The predicted molar refractivity (Wildman–Crippen MR) is 78.0 cm³/mol. The van der Waals surface area contributed by atoms with Crippen molar-refractivity contribution >= 4 is 5.69 Å². The van der Waals surface area contributed by atoms with Crippen LogP contribution in [0.5, 0.6) is 0 Å². The normalized spacial score (nSPS) is 20.1. The van der Waals surface area contributed by atoms with Crippen LogP contribution in [0, 0.1) is 0 Å². The van der Waals surface area contributed by atoms with E-state index in [0.717, 1.165) is 13.1 Å². The maximum absolute atomic E-state index is 3.60.